The second-order valence-corrected chi connectivity index (χ2v) is 8.81. The number of thiophene rings is 1. The third-order valence-corrected chi connectivity index (χ3v) is 6.47. The Labute approximate surface area is 192 Å². The number of amides is 2. The van der Waals surface area contributed by atoms with Crippen molar-refractivity contribution in [2.45, 2.75) is 20.0 Å². The summed E-state index contributed by atoms with van der Waals surface area (Å²) in [5.41, 5.74) is 3.01. The number of carbonyl (C=O) groups excluding carboxylic acids is 2. The average molecular weight is 457 g/mol. The molecule has 0 spiro atoms. The van der Waals surface area contributed by atoms with E-state index in [-0.39, 0.29) is 24.2 Å². The Bertz CT molecular complexity index is 1160. The number of hydrogen-bond donors (Lipinski definition) is 1. The fraction of sp³-hybridized carbons (Fsp3) is 0.261. The summed E-state index contributed by atoms with van der Waals surface area (Å²) < 4.78 is 1.24. The summed E-state index contributed by atoms with van der Waals surface area (Å²) in [5, 5.41) is 4.07. The highest BCUT2D eigenvalue weighted by Crippen LogP contribution is 2.31. The number of pyridine rings is 1. The number of fused-ring (bicyclic) bond motifs is 2. The van der Waals surface area contributed by atoms with Gasteiger partial charge in [-0.15, -0.1) is 23.7 Å². The summed E-state index contributed by atoms with van der Waals surface area (Å²) in [7, 11) is 3.71. The number of nitrogens with zero attached hydrogens (tertiary/aromatic N) is 3. The minimum absolute atomic E-state index is 0. The Morgan fingerprint density at radius 3 is 2.87 bits per heavy atom. The quantitative estimate of drug-likeness (QED) is 0.601. The van der Waals surface area contributed by atoms with E-state index >= 15 is 0 Å². The molecule has 0 unspecified atom stereocenters. The normalized spacial score (nSPS) is 14.1. The molecule has 0 saturated carbocycles. The highest BCUT2D eigenvalue weighted by atomic mass is 35.5. The molecule has 3 aromatic rings. The number of nitrogens with one attached hydrogen (secondary N) is 1. The van der Waals surface area contributed by atoms with E-state index in [1.807, 2.05) is 37.2 Å². The monoisotopic (exact) mass is 456 g/mol. The van der Waals surface area contributed by atoms with Crippen LogP contribution in [0.25, 0.3) is 16.2 Å². The van der Waals surface area contributed by atoms with Gasteiger partial charge in [0.05, 0.1) is 13.1 Å². The molecule has 0 bridgehead atoms. The summed E-state index contributed by atoms with van der Waals surface area (Å²) in [6, 6.07) is 10.3. The van der Waals surface area contributed by atoms with E-state index in [0.29, 0.717) is 25.5 Å². The van der Waals surface area contributed by atoms with E-state index in [1.54, 1.807) is 34.6 Å². The van der Waals surface area contributed by atoms with Crippen LogP contribution in [0.2, 0.25) is 0 Å². The third kappa shape index (κ3) is 5.12. The second kappa shape index (κ2) is 9.60. The highest BCUT2D eigenvalue weighted by molar-refractivity contribution is 7.19. The molecular formula is C23H25ClN4O2S. The summed E-state index contributed by atoms with van der Waals surface area (Å²) in [6.07, 6.45) is 5.02. The van der Waals surface area contributed by atoms with E-state index in [0.717, 1.165) is 11.1 Å². The largest absolute Gasteiger partial charge is 0.337 e. The summed E-state index contributed by atoms with van der Waals surface area (Å²) in [6.45, 7) is 3.65. The Balaban J connectivity index is 0.00000272. The molecule has 8 heteroatoms. The lowest BCUT2D eigenvalue weighted by molar-refractivity contribution is -0.125. The SMILES string of the molecule is Cc1c(CN(C)C(=O)/C=C/c2cnc3c(c2)CN(C)CC(=O)N3)sc2ccccc12.Cl. The first-order chi connectivity index (χ1) is 14.4. The molecule has 3 heterocycles. The van der Waals surface area contributed by atoms with Gasteiger partial charge in [-0.1, -0.05) is 18.2 Å². The molecule has 1 N–H and O–H groups in total. The maximum Gasteiger partial charge on any atom is 0.246 e. The van der Waals surface area contributed by atoms with Crippen molar-refractivity contribution in [3.05, 3.63) is 64.2 Å². The van der Waals surface area contributed by atoms with Gasteiger partial charge in [0.15, 0.2) is 0 Å². The van der Waals surface area contributed by atoms with Gasteiger partial charge >= 0.3 is 0 Å². The Morgan fingerprint density at radius 2 is 2.10 bits per heavy atom. The van der Waals surface area contributed by atoms with E-state index in [1.165, 1.54) is 20.5 Å². The van der Waals surface area contributed by atoms with Crippen molar-refractivity contribution in [2.24, 2.45) is 0 Å². The van der Waals surface area contributed by atoms with Gasteiger partial charge in [0.1, 0.15) is 5.82 Å². The molecule has 1 aromatic carbocycles. The highest BCUT2D eigenvalue weighted by Gasteiger charge is 2.17. The second-order valence-electron chi connectivity index (χ2n) is 7.67. The van der Waals surface area contributed by atoms with Crippen LogP contribution in [0, 0.1) is 6.92 Å². The van der Waals surface area contributed by atoms with Crippen LogP contribution in [0.15, 0.2) is 42.6 Å². The van der Waals surface area contributed by atoms with Crippen LogP contribution in [0.4, 0.5) is 5.82 Å². The number of rotatable bonds is 4. The van der Waals surface area contributed by atoms with Gasteiger partial charge in [-0.25, -0.2) is 4.98 Å². The standard InChI is InChI=1S/C23H24N4O2S.ClH/c1-15-18-6-4-5-7-19(18)30-20(15)13-27(3)22(29)9-8-16-10-17-12-26(2)14-21(28)25-23(17)24-11-16;/h4-11H,12-14H2,1-3H3,(H,24,25,28);1H/b9-8+;. The van der Waals surface area contributed by atoms with Gasteiger partial charge < -0.3 is 10.2 Å². The lowest BCUT2D eigenvalue weighted by Crippen LogP contribution is -2.26. The number of hydrogen-bond acceptors (Lipinski definition) is 5. The molecule has 2 aromatic heterocycles. The molecule has 1 aliphatic heterocycles. The van der Waals surface area contributed by atoms with Crippen molar-refractivity contribution < 1.29 is 9.59 Å². The lowest BCUT2D eigenvalue weighted by atomic mass is 10.1. The Hall–Kier alpha value is -2.74. The molecular weight excluding hydrogens is 432 g/mol. The summed E-state index contributed by atoms with van der Waals surface area (Å²) >= 11 is 1.73. The maximum atomic E-state index is 12.6. The van der Waals surface area contributed by atoms with Gasteiger partial charge in [0.25, 0.3) is 0 Å². The number of anilines is 1. The van der Waals surface area contributed by atoms with Crippen molar-refractivity contribution >= 4 is 57.5 Å². The fourth-order valence-electron chi connectivity index (χ4n) is 3.58. The van der Waals surface area contributed by atoms with Crippen molar-refractivity contribution in [1.29, 1.82) is 0 Å². The average Bonchev–Trinajstić information content (AvgIpc) is 2.94. The van der Waals surface area contributed by atoms with Crippen LogP contribution in [-0.2, 0) is 22.7 Å². The van der Waals surface area contributed by atoms with E-state index < -0.39 is 0 Å². The van der Waals surface area contributed by atoms with Crippen LogP contribution >= 0.6 is 23.7 Å². The predicted molar refractivity (Wildman–Crippen MR) is 129 cm³/mol. The molecule has 0 saturated heterocycles. The van der Waals surface area contributed by atoms with Crippen LogP contribution in [-0.4, -0.2) is 47.2 Å². The Kier molecular flexibility index (Phi) is 7.10. The zero-order chi connectivity index (χ0) is 21.3. The predicted octanol–water partition coefficient (Wildman–Crippen LogP) is 4.08. The minimum Gasteiger partial charge on any atom is -0.337 e. The van der Waals surface area contributed by atoms with Gasteiger partial charge in [-0.2, -0.15) is 0 Å². The molecule has 1 aliphatic rings. The molecule has 0 atom stereocenters. The number of aryl methyl sites for hydroxylation is 1. The number of carbonyl (C=O) groups is 2. The molecule has 0 aliphatic carbocycles. The van der Waals surface area contributed by atoms with Crippen molar-refractivity contribution in [3.8, 4) is 0 Å². The third-order valence-electron chi connectivity index (χ3n) is 5.22. The first kappa shape index (κ1) is 22.9. The van der Waals surface area contributed by atoms with Crippen LogP contribution in [0.3, 0.4) is 0 Å². The number of aromatic nitrogens is 1. The first-order valence-electron chi connectivity index (χ1n) is 9.78. The smallest absolute Gasteiger partial charge is 0.246 e. The number of likely N-dealkylation sites (N-methyl/N-ethyl adjacent to an activating group) is 2. The first-order valence-corrected chi connectivity index (χ1v) is 10.6. The molecule has 0 radical (unpaired) electrons. The fourth-order valence-corrected chi connectivity index (χ4v) is 4.84. The van der Waals surface area contributed by atoms with E-state index in [2.05, 4.69) is 29.4 Å². The van der Waals surface area contributed by atoms with Crippen LogP contribution in [0.1, 0.15) is 21.6 Å². The molecule has 2 amide bonds. The zero-order valence-corrected chi connectivity index (χ0v) is 19.3. The topological polar surface area (TPSA) is 65.5 Å². The summed E-state index contributed by atoms with van der Waals surface area (Å²) in [5.74, 6) is 0.456. The van der Waals surface area contributed by atoms with Gasteiger partial charge in [-0.3, -0.25) is 14.5 Å². The number of halogens is 1. The van der Waals surface area contributed by atoms with Crippen LogP contribution in [0.5, 0.6) is 0 Å². The Morgan fingerprint density at radius 1 is 1.32 bits per heavy atom. The molecule has 6 nitrogen and oxygen atoms in total. The van der Waals surface area contributed by atoms with Gasteiger partial charge in [0, 0.05) is 41.0 Å². The van der Waals surface area contributed by atoms with Crippen molar-refractivity contribution in [2.75, 3.05) is 26.0 Å². The number of benzene rings is 1. The molecule has 0 fully saturated rings. The van der Waals surface area contributed by atoms with Crippen LogP contribution < -0.4 is 5.32 Å². The molecule has 162 valence electrons. The van der Waals surface area contributed by atoms with E-state index in [4.69, 9.17) is 0 Å². The van der Waals surface area contributed by atoms with Crippen molar-refractivity contribution in [3.63, 3.8) is 0 Å². The van der Waals surface area contributed by atoms with Crippen molar-refractivity contribution in [1.82, 2.24) is 14.8 Å². The van der Waals surface area contributed by atoms with E-state index in [9.17, 15) is 9.59 Å². The lowest BCUT2D eigenvalue weighted by Gasteiger charge is -2.14. The molecule has 31 heavy (non-hydrogen) atoms. The minimum atomic E-state index is -0.0691. The maximum absolute atomic E-state index is 12.6. The van der Waals surface area contributed by atoms with Gasteiger partial charge in [-0.05, 0) is 48.7 Å². The zero-order valence-electron chi connectivity index (χ0n) is 17.7. The summed E-state index contributed by atoms with van der Waals surface area (Å²) in [4.78, 5) is 33.7. The van der Waals surface area contributed by atoms with Gasteiger partial charge in [0.2, 0.25) is 11.8 Å². The molecule has 4 rings (SSSR count).